The molecule has 8 heteroatoms. The number of nitrogens with one attached hydrogen (secondary N) is 1. The molecule has 5 nitrogen and oxygen atoms in total. The lowest BCUT2D eigenvalue weighted by molar-refractivity contribution is -0.123. The number of thioether (sulfide) groups is 1. The van der Waals surface area contributed by atoms with Gasteiger partial charge in [0.05, 0.1) is 12.2 Å². The number of benzene rings is 3. The zero-order valence-corrected chi connectivity index (χ0v) is 17.7. The number of fused-ring (bicyclic) bond motifs is 2. The Kier molecular flexibility index (Phi) is 5.09. The van der Waals surface area contributed by atoms with Crippen LogP contribution < -0.4 is 10.2 Å². The highest BCUT2D eigenvalue weighted by molar-refractivity contribution is 8.01. The summed E-state index contributed by atoms with van der Waals surface area (Å²) in [4.78, 5) is 28.8. The highest BCUT2D eigenvalue weighted by Crippen LogP contribution is 2.54. The van der Waals surface area contributed by atoms with Crippen LogP contribution in [0.3, 0.4) is 0 Å². The third-order valence-corrected chi connectivity index (χ3v) is 7.13. The minimum Gasteiger partial charge on any atom is -0.308 e. The van der Waals surface area contributed by atoms with Crippen molar-refractivity contribution >= 4 is 35.1 Å². The van der Waals surface area contributed by atoms with Gasteiger partial charge in [-0.25, -0.2) is 13.6 Å². The Balaban J connectivity index is 1.52. The molecule has 2 aliphatic rings. The first-order chi connectivity index (χ1) is 15.5. The Morgan fingerprint density at radius 1 is 1.03 bits per heavy atom. The van der Waals surface area contributed by atoms with Gasteiger partial charge in [0.15, 0.2) is 4.87 Å². The number of carbonyl (C=O) groups is 2. The first kappa shape index (κ1) is 20.5. The van der Waals surface area contributed by atoms with Crippen LogP contribution in [0.1, 0.15) is 11.1 Å². The number of amides is 3. The van der Waals surface area contributed by atoms with Crippen LogP contribution in [-0.2, 0) is 16.2 Å². The zero-order chi connectivity index (χ0) is 22.3. The van der Waals surface area contributed by atoms with E-state index in [-0.39, 0.29) is 24.0 Å². The van der Waals surface area contributed by atoms with E-state index in [1.54, 1.807) is 29.2 Å². The topological polar surface area (TPSA) is 52.7 Å². The van der Waals surface area contributed by atoms with Crippen LogP contribution in [0.2, 0.25) is 0 Å². The molecule has 5 rings (SSSR count). The molecule has 0 unspecified atom stereocenters. The molecule has 162 valence electrons. The molecule has 2 aliphatic heterocycles. The van der Waals surface area contributed by atoms with Crippen molar-refractivity contribution < 1.29 is 18.4 Å². The van der Waals surface area contributed by atoms with Crippen molar-refractivity contribution in [1.29, 1.82) is 0 Å². The van der Waals surface area contributed by atoms with E-state index in [1.165, 1.54) is 28.8 Å². The molecule has 3 aromatic carbocycles. The second-order valence-electron chi connectivity index (χ2n) is 7.58. The lowest BCUT2D eigenvalue weighted by atomic mass is 10.1. The van der Waals surface area contributed by atoms with E-state index in [0.717, 1.165) is 6.07 Å². The number of rotatable bonds is 3. The zero-order valence-electron chi connectivity index (χ0n) is 16.9. The molecule has 3 amide bonds. The lowest BCUT2D eigenvalue weighted by Crippen LogP contribution is -2.51. The summed E-state index contributed by atoms with van der Waals surface area (Å²) >= 11 is 1.39. The first-order valence-corrected chi connectivity index (χ1v) is 11.1. The lowest BCUT2D eigenvalue weighted by Gasteiger charge is -2.33. The number of para-hydroxylation sites is 2. The van der Waals surface area contributed by atoms with Crippen molar-refractivity contribution in [3.63, 3.8) is 0 Å². The summed E-state index contributed by atoms with van der Waals surface area (Å²) < 4.78 is 27.7. The van der Waals surface area contributed by atoms with Gasteiger partial charge >= 0.3 is 6.03 Å². The van der Waals surface area contributed by atoms with Crippen molar-refractivity contribution in [2.24, 2.45) is 0 Å². The molecule has 0 aromatic heterocycles. The standard InChI is InChI=1S/C24H19F2N3O2S/c25-17-11-10-16(20(26)14-17)15-28-21-9-5-4-8-19(21)24(22(28)30)29(12-13-32-24)23(31)27-18-6-2-1-3-7-18/h1-11,14H,12-13,15H2,(H,27,31)/t24-/m1/s1. The Hall–Kier alpha value is -3.39. The van der Waals surface area contributed by atoms with Gasteiger partial charge in [-0.2, -0.15) is 0 Å². The van der Waals surface area contributed by atoms with E-state index < -0.39 is 16.5 Å². The molecule has 0 aliphatic carbocycles. The van der Waals surface area contributed by atoms with Crippen LogP contribution >= 0.6 is 11.8 Å². The smallest absolute Gasteiger partial charge is 0.308 e. The molecule has 1 atom stereocenters. The second kappa shape index (κ2) is 7.94. The van der Waals surface area contributed by atoms with Crippen molar-refractivity contribution in [3.05, 3.63) is 95.6 Å². The maximum Gasteiger partial charge on any atom is 0.323 e. The summed E-state index contributed by atoms with van der Waals surface area (Å²) in [5, 5.41) is 2.87. The number of nitrogens with zero attached hydrogens (tertiary/aromatic N) is 2. The number of urea groups is 1. The number of anilines is 2. The monoisotopic (exact) mass is 451 g/mol. The number of hydrogen-bond acceptors (Lipinski definition) is 3. The number of hydrogen-bond donors (Lipinski definition) is 1. The SMILES string of the molecule is O=C(Nc1ccccc1)N1CCS[C@]12C(=O)N(Cc1ccc(F)cc1F)c1ccccc12. The van der Waals surface area contributed by atoms with Gasteiger partial charge in [0.1, 0.15) is 11.6 Å². The summed E-state index contributed by atoms with van der Waals surface area (Å²) in [5.74, 6) is -1.12. The summed E-state index contributed by atoms with van der Waals surface area (Å²) in [6.45, 7) is 0.334. The molecule has 1 spiro atoms. The van der Waals surface area contributed by atoms with Gasteiger partial charge in [-0.15, -0.1) is 11.8 Å². The fourth-order valence-corrected chi connectivity index (χ4v) is 5.72. The van der Waals surface area contributed by atoms with Crippen LogP contribution in [0.15, 0.2) is 72.8 Å². The minimum absolute atomic E-state index is 0.0571. The van der Waals surface area contributed by atoms with Gasteiger partial charge in [0, 0.05) is 35.2 Å². The fraction of sp³-hybridized carbons (Fsp3) is 0.167. The third kappa shape index (κ3) is 3.22. The molecule has 0 saturated carbocycles. The third-order valence-electron chi connectivity index (χ3n) is 5.71. The largest absolute Gasteiger partial charge is 0.323 e. The van der Waals surface area contributed by atoms with Crippen LogP contribution in [0, 0.1) is 11.6 Å². The van der Waals surface area contributed by atoms with Crippen LogP contribution in [0.4, 0.5) is 25.0 Å². The fourth-order valence-electron chi connectivity index (χ4n) is 4.26. The van der Waals surface area contributed by atoms with Gasteiger partial charge in [-0.05, 0) is 24.3 Å². The van der Waals surface area contributed by atoms with Crippen molar-refractivity contribution in [2.75, 3.05) is 22.5 Å². The van der Waals surface area contributed by atoms with Crippen molar-refractivity contribution in [2.45, 2.75) is 11.4 Å². The molecule has 32 heavy (non-hydrogen) atoms. The molecule has 1 saturated heterocycles. The quantitative estimate of drug-likeness (QED) is 0.613. The Morgan fingerprint density at radius 3 is 2.56 bits per heavy atom. The first-order valence-electron chi connectivity index (χ1n) is 10.1. The summed E-state index contributed by atoms with van der Waals surface area (Å²) in [7, 11) is 0. The molecule has 1 fully saturated rings. The van der Waals surface area contributed by atoms with Crippen molar-refractivity contribution in [1.82, 2.24) is 4.90 Å². The van der Waals surface area contributed by atoms with Gasteiger partial charge in [-0.3, -0.25) is 9.69 Å². The van der Waals surface area contributed by atoms with Crippen LogP contribution in [-0.4, -0.2) is 29.1 Å². The Morgan fingerprint density at radius 2 is 1.78 bits per heavy atom. The molecule has 0 bridgehead atoms. The second-order valence-corrected chi connectivity index (χ2v) is 8.87. The minimum atomic E-state index is -1.23. The van der Waals surface area contributed by atoms with E-state index >= 15 is 0 Å². The molecule has 1 N–H and O–H groups in total. The maximum atomic E-state index is 14.4. The van der Waals surface area contributed by atoms with E-state index in [0.29, 0.717) is 29.2 Å². The van der Waals surface area contributed by atoms with Crippen molar-refractivity contribution in [3.8, 4) is 0 Å². The van der Waals surface area contributed by atoms with E-state index in [2.05, 4.69) is 5.32 Å². The maximum absolute atomic E-state index is 14.4. The predicted octanol–water partition coefficient (Wildman–Crippen LogP) is 4.95. The number of carbonyl (C=O) groups excluding carboxylic acids is 2. The van der Waals surface area contributed by atoms with Crippen LogP contribution in [0.5, 0.6) is 0 Å². The average Bonchev–Trinajstić information content (AvgIpc) is 3.33. The predicted molar refractivity (Wildman–Crippen MR) is 120 cm³/mol. The van der Waals surface area contributed by atoms with E-state index in [9.17, 15) is 18.4 Å². The molecular formula is C24H19F2N3O2S. The highest BCUT2D eigenvalue weighted by Gasteiger charge is 2.59. The Labute approximate surface area is 188 Å². The van der Waals surface area contributed by atoms with Gasteiger partial charge in [-0.1, -0.05) is 42.5 Å². The summed E-state index contributed by atoms with van der Waals surface area (Å²) in [6.07, 6.45) is 0. The summed E-state index contributed by atoms with van der Waals surface area (Å²) in [5.41, 5.74) is 2.15. The molecule has 2 heterocycles. The molecular weight excluding hydrogens is 432 g/mol. The highest BCUT2D eigenvalue weighted by atomic mass is 32.2. The molecule has 3 aromatic rings. The average molecular weight is 451 g/mol. The van der Waals surface area contributed by atoms with E-state index in [4.69, 9.17) is 0 Å². The Bertz CT molecular complexity index is 1210. The van der Waals surface area contributed by atoms with Gasteiger partial charge < -0.3 is 10.2 Å². The van der Waals surface area contributed by atoms with Gasteiger partial charge in [0.25, 0.3) is 5.91 Å². The molecule has 0 radical (unpaired) electrons. The normalized spacial score (nSPS) is 19.5. The van der Waals surface area contributed by atoms with Crippen LogP contribution in [0.25, 0.3) is 0 Å². The van der Waals surface area contributed by atoms with Gasteiger partial charge in [0.2, 0.25) is 0 Å². The number of halogens is 2. The van der Waals surface area contributed by atoms with E-state index in [1.807, 2.05) is 30.3 Å². The summed E-state index contributed by atoms with van der Waals surface area (Å²) in [6, 6.07) is 19.2.